The van der Waals surface area contributed by atoms with E-state index in [1.54, 1.807) is 18.2 Å². The molecule has 0 aliphatic heterocycles. The largest absolute Gasteiger partial charge is 0.397 e. The second-order valence-corrected chi connectivity index (χ2v) is 5.66. The number of carbonyl (C=O) groups is 1. The van der Waals surface area contributed by atoms with E-state index in [4.69, 9.17) is 17.3 Å². The second-order valence-electron chi connectivity index (χ2n) is 4.00. The van der Waals surface area contributed by atoms with Gasteiger partial charge in [-0.1, -0.05) is 24.9 Å². The highest BCUT2D eigenvalue weighted by molar-refractivity contribution is 7.99. The molecule has 3 N–H and O–H groups in total. The first-order chi connectivity index (χ1) is 8.63. The molecule has 3 nitrogen and oxygen atoms in total. The topological polar surface area (TPSA) is 55.1 Å². The third-order valence-corrected chi connectivity index (χ3v) is 3.71. The van der Waals surface area contributed by atoms with Crippen molar-refractivity contribution in [1.29, 1.82) is 0 Å². The predicted molar refractivity (Wildman–Crippen MR) is 81.3 cm³/mol. The minimum Gasteiger partial charge on any atom is -0.397 e. The van der Waals surface area contributed by atoms with Gasteiger partial charge in [-0.15, -0.1) is 0 Å². The van der Waals surface area contributed by atoms with Crippen molar-refractivity contribution in [2.45, 2.75) is 26.2 Å². The molecule has 0 heterocycles. The molecule has 1 aromatic carbocycles. The minimum atomic E-state index is -0.00646. The minimum absolute atomic E-state index is 0.00646. The maximum atomic E-state index is 11.7. The molecule has 0 radical (unpaired) electrons. The number of nitrogens with one attached hydrogen (secondary N) is 1. The van der Waals surface area contributed by atoms with E-state index in [9.17, 15) is 4.79 Å². The number of hydrogen-bond acceptors (Lipinski definition) is 3. The maximum Gasteiger partial charge on any atom is 0.225 e. The van der Waals surface area contributed by atoms with Crippen molar-refractivity contribution < 1.29 is 4.79 Å². The van der Waals surface area contributed by atoms with Crippen LogP contribution < -0.4 is 11.1 Å². The lowest BCUT2D eigenvalue weighted by atomic mass is 10.2. The predicted octanol–water partition coefficient (Wildman–Crippen LogP) is 3.78. The molecule has 0 aliphatic rings. The average Bonchev–Trinajstić information content (AvgIpc) is 2.32. The molecule has 0 saturated heterocycles. The number of halogens is 1. The molecular formula is C13H19ClN2OS. The molecule has 0 fully saturated rings. The number of unbranched alkanes of at least 4 members (excludes halogenated alkanes) is 1. The maximum absolute atomic E-state index is 11.7. The number of amides is 1. The molecule has 1 aromatic rings. The molecule has 0 saturated carbocycles. The lowest BCUT2D eigenvalue weighted by Crippen LogP contribution is -2.13. The van der Waals surface area contributed by atoms with Gasteiger partial charge in [0.05, 0.1) is 11.4 Å². The molecule has 0 atom stereocenters. The van der Waals surface area contributed by atoms with E-state index >= 15 is 0 Å². The Morgan fingerprint density at radius 1 is 1.44 bits per heavy atom. The quantitative estimate of drug-likeness (QED) is 0.592. The van der Waals surface area contributed by atoms with Crippen molar-refractivity contribution in [1.82, 2.24) is 0 Å². The average molecular weight is 287 g/mol. The van der Waals surface area contributed by atoms with E-state index < -0.39 is 0 Å². The third kappa shape index (κ3) is 5.65. The Balaban J connectivity index is 2.31. The molecule has 0 aliphatic carbocycles. The van der Waals surface area contributed by atoms with Gasteiger partial charge in [-0.3, -0.25) is 4.79 Å². The van der Waals surface area contributed by atoms with Crippen LogP contribution in [-0.2, 0) is 4.79 Å². The van der Waals surface area contributed by atoms with E-state index in [1.807, 2.05) is 11.8 Å². The molecule has 0 unspecified atom stereocenters. The standard InChI is InChI=1S/C13H19ClN2OS/c1-2-3-7-18-8-6-13(17)16-12-5-4-10(14)9-11(12)15/h4-5,9H,2-3,6-8,15H2,1H3,(H,16,17). The summed E-state index contributed by atoms with van der Waals surface area (Å²) in [6.45, 7) is 2.16. The van der Waals surface area contributed by atoms with Gasteiger partial charge >= 0.3 is 0 Å². The molecule has 0 spiro atoms. The van der Waals surface area contributed by atoms with Gasteiger partial charge in [0.2, 0.25) is 5.91 Å². The van der Waals surface area contributed by atoms with Crippen LogP contribution in [0.2, 0.25) is 5.02 Å². The number of thioether (sulfide) groups is 1. The summed E-state index contributed by atoms with van der Waals surface area (Å²) in [7, 11) is 0. The fraction of sp³-hybridized carbons (Fsp3) is 0.462. The first-order valence-electron chi connectivity index (χ1n) is 6.06. The van der Waals surface area contributed by atoms with E-state index in [0.717, 1.165) is 11.5 Å². The Labute approximate surface area is 117 Å². The highest BCUT2D eigenvalue weighted by Gasteiger charge is 2.05. The summed E-state index contributed by atoms with van der Waals surface area (Å²) in [4.78, 5) is 11.7. The van der Waals surface area contributed by atoms with E-state index in [2.05, 4.69) is 12.2 Å². The lowest BCUT2D eigenvalue weighted by molar-refractivity contribution is -0.115. The van der Waals surface area contributed by atoms with E-state index in [-0.39, 0.29) is 5.91 Å². The summed E-state index contributed by atoms with van der Waals surface area (Å²) in [5.41, 5.74) is 6.88. The van der Waals surface area contributed by atoms with Crippen molar-refractivity contribution in [2.24, 2.45) is 0 Å². The van der Waals surface area contributed by atoms with Crippen molar-refractivity contribution in [3.8, 4) is 0 Å². The Bertz CT molecular complexity index is 399. The normalized spacial score (nSPS) is 10.3. The van der Waals surface area contributed by atoms with Crippen molar-refractivity contribution in [2.75, 3.05) is 22.6 Å². The summed E-state index contributed by atoms with van der Waals surface area (Å²) in [6, 6.07) is 5.07. The van der Waals surface area contributed by atoms with Gasteiger partial charge < -0.3 is 11.1 Å². The fourth-order valence-corrected chi connectivity index (χ4v) is 2.58. The van der Waals surface area contributed by atoms with Crippen LogP contribution in [0.4, 0.5) is 11.4 Å². The van der Waals surface area contributed by atoms with Crippen LogP contribution in [0, 0.1) is 0 Å². The number of benzene rings is 1. The van der Waals surface area contributed by atoms with Crippen LogP contribution in [0.15, 0.2) is 18.2 Å². The monoisotopic (exact) mass is 286 g/mol. The second kappa shape index (κ2) is 8.27. The Morgan fingerprint density at radius 2 is 2.22 bits per heavy atom. The number of nitrogen functional groups attached to an aromatic ring is 1. The van der Waals surface area contributed by atoms with E-state index in [0.29, 0.717) is 22.8 Å². The van der Waals surface area contributed by atoms with Gasteiger partial charge in [0.1, 0.15) is 0 Å². The highest BCUT2D eigenvalue weighted by Crippen LogP contribution is 2.22. The first kappa shape index (κ1) is 15.2. The zero-order valence-corrected chi connectivity index (χ0v) is 12.1. The molecule has 18 heavy (non-hydrogen) atoms. The summed E-state index contributed by atoms with van der Waals surface area (Å²) < 4.78 is 0. The Morgan fingerprint density at radius 3 is 2.89 bits per heavy atom. The smallest absolute Gasteiger partial charge is 0.225 e. The van der Waals surface area contributed by atoms with Gasteiger partial charge in [-0.25, -0.2) is 0 Å². The Kier molecular flexibility index (Phi) is 6.98. The summed E-state index contributed by atoms with van der Waals surface area (Å²) in [6.07, 6.45) is 2.91. The van der Waals surface area contributed by atoms with Crippen LogP contribution in [0.25, 0.3) is 0 Å². The number of rotatable bonds is 7. The highest BCUT2D eigenvalue weighted by atomic mass is 35.5. The van der Waals surface area contributed by atoms with Gasteiger partial charge in [-0.2, -0.15) is 11.8 Å². The lowest BCUT2D eigenvalue weighted by Gasteiger charge is -2.08. The molecule has 100 valence electrons. The van der Waals surface area contributed by atoms with Crippen LogP contribution >= 0.6 is 23.4 Å². The summed E-state index contributed by atoms with van der Waals surface area (Å²) in [5.74, 6) is 1.96. The SMILES string of the molecule is CCCCSCCC(=O)Nc1ccc(Cl)cc1N. The number of nitrogens with two attached hydrogens (primary N) is 1. The number of anilines is 2. The van der Waals surface area contributed by atoms with Gasteiger partial charge in [0.15, 0.2) is 0 Å². The number of carbonyl (C=O) groups excluding carboxylic acids is 1. The van der Waals surface area contributed by atoms with Gasteiger partial charge in [0, 0.05) is 17.2 Å². The molecule has 1 rings (SSSR count). The summed E-state index contributed by atoms with van der Waals surface area (Å²) >= 11 is 7.60. The van der Waals surface area contributed by atoms with Crippen molar-refractivity contribution >= 4 is 40.6 Å². The zero-order valence-electron chi connectivity index (χ0n) is 10.5. The van der Waals surface area contributed by atoms with Crippen LogP contribution in [0.3, 0.4) is 0 Å². The molecule has 0 aromatic heterocycles. The summed E-state index contributed by atoms with van der Waals surface area (Å²) in [5, 5.41) is 3.36. The molecule has 5 heteroatoms. The van der Waals surface area contributed by atoms with E-state index in [1.165, 1.54) is 12.8 Å². The first-order valence-corrected chi connectivity index (χ1v) is 7.59. The fourth-order valence-electron chi connectivity index (χ4n) is 1.37. The molecule has 0 bridgehead atoms. The molecule has 1 amide bonds. The van der Waals surface area contributed by atoms with Crippen LogP contribution in [0.5, 0.6) is 0 Å². The molecular weight excluding hydrogens is 268 g/mol. The van der Waals surface area contributed by atoms with Crippen molar-refractivity contribution in [3.63, 3.8) is 0 Å². The van der Waals surface area contributed by atoms with Crippen LogP contribution in [-0.4, -0.2) is 17.4 Å². The zero-order chi connectivity index (χ0) is 13.4. The van der Waals surface area contributed by atoms with Crippen molar-refractivity contribution in [3.05, 3.63) is 23.2 Å². The third-order valence-electron chi connectivity index (χ3n) is 2.40. The van der Waals surface area contributed by atoms with Gasteiger partial charge in [0.25, 0.3) is 0 Å². The Hall–Kier alpha value is -0.870. The van der Waals surface area contributed by atoms with Crippen LogP contribution in [0.1, 0.15) is 26.2 Å². The van der Waals surface area contributed by atoms with Gasteiger partial charge in [-0.05, 0) is 30.4 Å². The number of hydrogen-bond donors (Lipinski definition) is 2.